The van der Waals surface area contributed by atoms with Crippen LogP contribution < -0.4 is 10.1 Å². The number of aromatic hydroxyl groups is 1. The van der Waals surface area contributed by atoms with E-state index in [0.717, 1.165) is 27.3 Å². The van der Waals surface area contributed by atoms with Crippen molar-refractivity contribution < 1.29 is 24.5 Å². The molecule has 0 radical (unpaired) electrons. The smallest absolute Gasteiger partial charge is 0.338 e. The number of hydrogen-bond acceptors (Lipinski definition) is 7. The zero-order valence-electron chi connectivity index (χ0n) is 20.5. The van der Waals surface area contributed by atoms with E-state index in [2.05, 4.69) is 19.2 Å². The zero-order valence-corrected chi connectivity index (χ0v) is 21.3. The number of aliphatic hydroxyl groups is 1. The summed E-state index contributed by atoms with van der Waals surface area (Å²) in [5.74, 6) is 0.598. The van der Waals surface area contributed by atoms with E-state index in [1.54, 1.807) is 36.0 Å². The molecule has 0 saturated carbocycles. The number of ether oxygens (including phenoxy) is 2. The van der Waals surface area contributed by atoms with E-state index in [-0.39, 0.29) is 17.8 Å². The van der Waals surface area contributed by atoms with E-state index in [9.17, 15) is 15.0 Å². The number of carbonyl (C=O) groups is 1. The number of benzene rings is 3. The first-order valence-electron chi connectivity index (χ1n) is 11.6. The first-order chi connectivity index (χ1) is 16.8. The van der Waals surface area contributed by atoms with E-state index in [4.69, 9.17) is 9.47 Å². The predicted octanol–water partition coefficient (Wildman–Crippen LogP) is 5.44. The Bertz CT molecular complexity index is 1100. The van der Waals surface area contributed by atoms with Crippen LogP contribution >= 0.6 is 11.8 Å². The number of esters is 1. The SMILES string of the molecule is COC(=O)c1ccc(-c2ccc(OCCN[C@@H](C)[C@H](O)c3ccc(O)cc3)cc2)cc1SC(C)C. The van der Waals surface area contributed by atoms with E-state index in [0.29, 0.717) is 24.0 Å². The molecule has 0 aliphatic carbocycles. The van der Waals surface area contributed by atoms with Crippen LogP contribution in [0.1, 0.15) is 42.8 Å². The average Bonchev–Trinajstić information content (AvgIpc) is 2.86. The quantitative estimate of drug-likeness (QED) is 0.186. The van der Waals surface area contributed by atoms with Crippen LogP contribution in [0.3, 0.4) is 0 Å². The number of phenolic OH excluding ortho intramolecular Hbond substituents is 1. The third-order valence-electron chi connectivity index (χ3n) is 5.48. The van der Waals surface area contributed by atoms with Crippen molar-refractivity contribution in [2.24, 2.45) is 0 Å². The lowest BCUT2D eigenvalue weighted by atomic mass is 10.0. The van der Waals surface area contributed by atoms with Gasteiger partial charge in [0.05, 0.1) is 18.8 Å². The fourth-order valence-electron chi connectivity index (χ4n) is 3.60. The second-order valence-electron chi connectivity index (χ2n) is 8.52. The lowest BCUT2D eigenvalue weighted by molar-refractivity contribution is 0.0597. The molecule has 0 aliphatic heterocycles. The highest BCUT2D eigenvalue weighted by atomic mass is 32.2. The summed E-state index contributed by atoms with van der Waals surface area (Å²) in [5.41, 5.74) is 3.37. The maximum absolute atomic E-state index is 12.1. The number of aliphatic hydroxyl groups excluding tert-OH is 1. The summed E-state index contributed by atoms with van der Waals surface area (Å²) >= 11 is 1.64. The van der Waals surface area contributed by atoms with Crippen molar-refractivity contribution in [2.75, 3.05) is 20.3 Å². The molecule has 0 aromatic heterocycles. The normalized spacial score (nSPS) is 12.9. The van der Waals surface area contributed by atoms with Gasteiger partial charge in [0, 0.05) is 22.7 Å². The van der Waals surface area contributed by atoms with Crippen molar-refractivity contribution in [2.45, 2.75) is 43.1 Å². The Labute approximate surface area is 211 Å². The number of hydrogen-bond donors (Lipinski definition) is 3. The van der Waals surface area contributed by atoms with Crippen LogP contribution in [0.5, 0.6) is 11.5 Å². The van der Waals surface area contributed by atoms with Gasteiger partial charge in [0.15, 0.2) is 0 Å². The molecule has 0 spiro atoms. The maximum Gasteiger partial charge on any atom is 0.338 e. The first-order valence-corrected chi connectivity index (χ1v) is 12.5. The topological polar surface area (TPSA) is 88.0 Å². The summed E-state index contributed by atoms with van der Waals surface area (Å²) in [5, 5.41) is 23.4. The molecule has 7 heteroatoms. The average molecular weight is 496 g/mol. The van der Waals surface area contributed by atoms with Gasteiger partial charge in [-0.3, -0.25) is 0 Å². The molecule has 2 atom stereocenters. The number of carbonyl (C=O) groups excluding carboxylic acids is 1. The van der Waals surface area contributed by atoms with Crippen LogP contribution in [-0.2, 0) is 4.74 Å². The Balaban J connectivity index is 1.55. The van der Waals surface area contributed by atoms with E-state index >= 15 is 0 Å². The highest BCUT2D eigenvalue weighted by molar-refractivity contribution is 8.00. The Morgan fingerprint density at radius 2 is 1.63 bits per heavy atom. The lowest BCUT2D eigenvalue weighted by Gasteiger charge is -2.21. The van der Waals surface area contributed by atoms with Gasteiger partial charge in [-0.1, -0.05) is 44.2 Å². The van der Waals surface area contributed by atoms with E-state index in [1.165, 1.54) is 7.11 Å². The minimum Gasteiger partial charge on any atom is -0.508 e. The monoisotopic (exact) mass is 495 g/mol. The van der Waals surface area contributed by atoms with Crippen LogP contribution in [0.15, 0.2) is 71.6 Å². The number of thioether (sulfide) groups is 1. The van der Waals surface area contributed by atoms with Gasteiger partial charge < -0.3 is 25.0 Å². The minimum absolute atomic E-state index is 0.170. The zero-order chi connectivity index (χ0) is 25.4. The summed E-state index contributed by atoms with van der Waals surface area (Å²) < 4.78 is 10.8. The number of phenols is 1. The largest absolute Gasteiger partial charge is 0.508 e. The Kier molecular flexibility index (Phi) is 9.60. The summed E-state index contributed by atoms with van der Waals surface area (Å²) in [6.45, 7) is 7.11. The third kappa shape index (κ3) is 7.49. The third-order valence-corrected chi connectivity index (χ3v) is 6.55. The van der Waals surface area contributed by atoms with Gasteiger partial charge in [-0.25, -0.2) is 4.79 Å². The number of methoxy groups -OCH3 is 1. The van der Waals surface area contributed by atoms with Crippen molar-refractivity contribution in [3.8, 4) is 22.6 Å². The molecule has 186 valence electrons. The second-order valence-corrected chi connectivity index (χ2v) is 10.1. The molecule has 0 aliphatic rings. The molecule has 6 nitrogen and oxygen atoms in total. The number of nitrogens with one attached hydrogen (secondary N) is 1. The second kappa shape index (κ2) is 12.6. The first kappa shape index (κ1) is 26.6. The van der Waals surface area contributed by atoms with Crippen LogP contribution in [0.2, 0.25) is 0 Å². The van der Waals surface area contributed by atoms with Crippen LogP contribution in [-0.4, -0.2) is 47.7 Å². The van der Waals surface area contributed by atoms with Gasteiger partial charge in [-0.15, -0.1) is 11.8 Å². The molecule has 0 amide bonds. The van der Waals surface area contributed by atoms with Gasteiger partial charge in [0.1, 0.15) is 18.1 Å². The summed E-state index contributed by atoms with van der Waals surface area (Å²) in [4.78, 5) is 13.0. The van der Waals surface area contributed by atoms with Crippen LogP contribution in [0.4, 0.5) is 0 Å². The molecule has 35 heavy (non-hydrogen) atoms. The number of rotatable bonds is 11. The van der Waals surface area contributed by atoms with Gasteiger partial charge >= 0.3 is 5.97 Å². The Hall–Kier alpha value is -3.00. The fraction of sp³-hybridized carbons (Fsp3) is 0.321. The molecule has 3 aromatic rings. The Morgan fingerprint density at radius 3 is 2.26 bits per heavy atom. The molecule has 0 bridgehead atoms. The van der Waals surface area contributed by atoms with Crippen molar-refractivity contribution in [3.05, 3.63) is 77.9 Å². The fourth-order valence-corrected chi connectivity index (χ4v) is 4.58. The van der Waals surface area contributed by atoms with Gasteiger partial charge in [0.2, 0.25) is 0 Å². The van der Waals surface area contributed by atoms with Crippen molar-refractivity contribution >= 4 is 17.7 Å². The van der Waals surface area contributed by atoms with Gasteiger partial charge in [0.25, 0.3) is 0 Å². The molecular weight excluding hydrogens is 462 g/mol. The minimum atomic E-state index is -0.681. The standard InChI is InChI=1S/C28H33NO5S/c1-18(2)35-26-17-22(9-14-25(26)28(32)33-4)20-7-12-24(13-8-20)34-16-15-29-19(3)27(31)21-5-10-23(30)11-6-21/h5-14,17-19,27,29-31H,15-16H2,1-4H3/t19-,27-/m0/s1. The van der Waals surface area contributed by atoms with Crippen molar-refractivity contribution in [1.82, 2.24) is 5.32 Å². The molecule has 0 fully saturated rings. The van der Waals surface area contributed by atoms with E-state index in [1.807, 2.05) is 49.4 Å². The summed E-state index contributed by atoms with van der Waals surface area (Å²) in [6, 6.07) is 20.0. The lowest BCUT2D eigenvalue weighted by Crippen LogP contribution is -2.35. The van der Waals surface area contributed by atoms with Crippen molar-refractivity contribution in [1.29, 1.82) is 0 Å². The molecule has 0 unspecified atom stereocenters. The van der Waals surface area contributed by atoms with Crippen LogP contribution in [0.25, 0.3) is 11.1 Å². The molecular formula is C28H33NO5S. The summed E-state index contributed by atoms with van der Waals surface area (Å²) in [7, 11) is 1.40. The molecule has 0 heterocycles. The predicted molar refractivity (Wildman–Crippen MR) is 140 cm³/mol. The molecule has 3 N–H and O–H groups in total. The molecule has 0 saturated heterocycles. The Morgan fingerprint density at radius 1 is 0.971 bits per heavy atom. The molecule has 3 rings (SSSR count). The van der Waals surface area contributed by atoms with Crippen molar-refractivity contribution in [3.63, 3.8) is 0 Å². The summed E-state index contributed by atoms with van der Waals surface area (Å²) in [6.07, 6.45) is -0.681. The highest BCUT2D eigenvalue weighted by Crippen LogP contribution is 2.32. The van der Waals surface area contributed by atoms with Crippen LogP contribution in [0, 0.1) is 0 Å². The van der Waals surface area contributed by atoms with Gasteiger partial charge in [-0.2, -0.15) is 0 Å². The maximum atomic E-state index is 12.1. The van der Waals surface area contributed by atoms with Gasteiger partial charge in [-0.05, 0) is 60.0 Å². The van der Waals surface area contributed by atoms with E-state index < -0.39 is 6.10 Å². The molecule has 3 aromatic carbocycles. The highest BCUT2D eigenvalue weighted by Gasteiger charge is 2.16.